The molecule has 0 saturated heterocycles. The summed E-state index contributed by atoms with van der Waals surface area (Å²) in [7, 11) is 1.39. The minimum absolute atomic E-state index is 0.145. The lowest BCUT2D eigenvalue weighted by molar-refractivity contribution is 0.139. The van der Waals surface area contributed by atoms with Crippen LogP contribution < -0.4 is 10.5 Å². The molecule has 0 radical (unpaired) electrons. The lowest BCUT2D eigenvalue weighted by Crippen LogP contribution is -2.26. The van der Waals surface area contributed by atoms with Crippen LogP contribution in [0.3, 0.4) is 0 Å². The SMILES string of the molecule is CC[C@H](O)[C@H](N)c1cccc(OC)c1F. The Morgan fingerprint density at radius 2 is 2.20 bits per heavy atom. The molecule has 0 fully saturated rings. The molecule has 15 heavy (non-hydrogen) atoms. The number of benzene rings is 1. The molecule has 1 aromatic carbocycles. The number of ether oxygens (including phenoxy) is 1. The van der Waals surface area contributed by atoms with Gasteiger partial charge in [0.1, 0.15) is 0 Å². The largest absolute Gasteiger partial charge is 0.494 e. The fraction of sp³-hybridized carbons (Fsp3) is 0.455. The Bertz CT molecular complexity index is 330. The fourth-order valence-corrected chi connectivity index (χ4v) is 1.40. The number of aliphatic hydroxyl groups excluding tert-OH is 1. The van der Waals surface area contributed by atoms with E-state index in [1.54, 1.807) is 19.1 Å². The van der Waals surface area contributed by atoms with Gasteiger partial charge < -0.3 is 15.6 Å². The van der Waals surface area contributed by atoms with E-state index in [0.29, 0.717) is 6.42 Å². The summed E-state index contributed by atoms with van der Waals surface area (Å²) < 4.78 is 18.5. The highest BCUT2D eigenvalue weighted by Gasteiger charge is 2.20. The standard InChI is InChI=1S/C11H16FNO2/c1-3-8(14)11(13)7-5-4-6-9(15-2)10(7)12/h4-6,8,11,14H,3,13H2,1-2H3/t8-,11+/m0/s1. The zero-order valence-electron chi connectivity index (χ0n) is 8.90. The van der Waals surface area contributed by atoms with Crippen molar-refractivity contribution in [3.63, 3.8) is 0 Å². The highest BCUT2D eigenvalue weighted by Crippen LogP contribution is 2.26. The van der Waals surface area contributed by atoms with Crippen molar-refractivity contribution in [2.24, 2.45) is 5.73 Å². The molecule has 0 heterocycles. The van der Waals surface area contributed by atoms with E-state index < -0.39 is 18.0 Å². The summed E-state index contributed by atoms with van der Waals surface area (Å²) in [6.07, 6.45) is -0.260. The van der Waals surface area contributed by atoms with Gasteiger partial charge in [-0.3, -0.25) is 0 Å². The molecule has 0 bridgehead atoms. The topological polar surface area (TPSA) is 55.5 Å². The normalized spacial score (nSPS) is 14.7. The van der Waals surface area contributed by atoms with Crippen LogP contribution >= 0.6 is 0 Å². The Morgan fingerprint density at radius 3 is 2.73 bits per heavy atom. The lowest BCUT2D eigenvalue weighted by Gasteiger charge is -2.18. The summed E-state index contributed by atoms with van der Waals surface area (Å²) in [6, 6.07) is 4.01. The average molecular weight is 213 g/mol. The molecule has 2 atom stereocenters. The molecule has 3 N–H and O–H groups in total. The maximum absolute atomic E-state index is 13.7. The summed E-state index contributed by atoms with van der Waals surface area (Å²) in [5.74, 6) is -0.355. The van der Waals surface area contributed by atoms with Crippen molar-refractivity contribution < 1.29 is 14.2 Å². The monoisotopic (exact) mass is 213 g/mol. The van der Waals surface area contributed by atoms with Crippen LogP contribution in [-0.4, -0.2) is 18.3 Å². The van der Waals surface area contributed by atoms with Gasteiger partial charge in [0.15, 0.2) is 11.6 Å². The molecule has 4 heteroatoms. The molecular formula is C11H16FNO2. The summed E-state index contributed by atoms with van der Waals surface area (Å²) in [5, 5.41) is 9.54. The van der Waals surface area contributed by atoms with Gasteiger partial charge in [0.05, 0.1) is 19.3 Å². The molecule has 0 spiro atoms. The third-order valence-corrected chi connectivity index (χ3v) is 2.41. The third kappa shape index (κ3) is 2.46. The van der Waals surface area contributed by atoms with Crippen molar-refractivity contribution in [2.75, 3.05) is 7.11 Å². The number of nitrogens with two attached hydrogens (primary N) is 1. The number of aliphatic hydroxyl groups is 1. The van der Waals surface area contributed by atoms with E-state index in [1.165, 1.54) is 13.2 Å². The molecule has 0 unspecified atom stereocenters. The van der Waals surface area contributed by atoms with Crippen LogP contribution in [0.25, 0.3) is 0 Å². The highest BCUT2D eigenvalue weighted by atomic mass is 19.1. The van der Waals surface area contributed by atoms with Gasteiger partial charge in [-0.05, 0) is 12.5 Å². The van der Waals surface area contributed by atoms with E-state index in [0.717, 1.165) is 0 Å². The average Bonchev–Trinajstić information content (AvgIpc) is 2.27. The molecule has 0 aliphatic heterocycles. The second-order valence-corrected chi connectivity index (χ2v) is 3.36. The Kier molecular flexibility index (Phi) is 4.05. The smallest absolute Gasteiger partial charge is 0.169 e. The van der Waals surface area contributed by atoms with Crippen LogP contribution in [0.1, 0.15) is 24.9 Å². The van der Waals surface area contributed by atoms with Crippen LogP contribution in [0.4, 0.5) is 4.39 Å². The van der Waals surface area contributed by atoms with Gasteiger partial charge in [0, 0.05) is 5.56 Å². The highest BCUT2D eigenvalue weighted by molar-refractivity contribution is 5.33. The van der Waals surface area contributed by atoms with E-state index >= 15 is 0 Å². The summed E-state index contributed by atoms with van der Waals surface area (Å²) in [4.78, 5) is 0. The second kappa shape index (κ2) is 5.09. The first kappa shape index (κ1) is 11.9. The summed E-state index contributed by atoms with van der Waals surface area (Å²) in [5.41, 5.74) is 6.01. The van der Waals surface area contributed by atoms with E-state index in [4.69, 9.17) is 10.5 Å². The molecule has 1 aromatic rings. The lowest BCUT2D eigenvalue weighted by atomic mass is 10.00. The van der Waals surface area contributed by atoms with Gasteiger partial charge in [0.25, 0.3) is 0 Å². The third-order valence-electron chi connectivity index (χ3n) is 2.41. The van der Waals surface area contributed by atoms with Gasteiger partial charge in [-0.15, -0.1) is 0 Å². The number of halogens is 1. The van der Waals surface area contributed by atoms with E-state index in [2.05, 4.69) is 0 Å². The van der Waals surface area contributed by atoms with Crippen molar-refractivity contribution >= 4 is 0 Å². The summed E-state index contributed by atoms with van der Waals surface area (Å²) >= 11 is 0. The zero-order valence-corrected chi connectivity index (χ0v) is 8.90. The molecule has 0 aliphatic rings. The number of hydrogen-bond donors (Lipinski definition) is 2. The molecule has 84 valence electrons. The van der Waals surface area contributed by atoms with Crippen molar-refractivity contribution in [3.05, 3.63) is 29.6 Å². The Labute approximate surface area is 88.7 Å². The van der Waals surface area contributed by atoms with Crippen molar-refractivity contribution in [1.82, 2.24) is 0 Å². The Hall–Kier alpha value is -1.13. The molecule has 0 amide bonds. The first-order valence-corrected chi connectivity index (χ1v) is 4.87. The van der Waals surface area contributed by atoms with Crippen LogP contribution in [0.5, 0.6) is 5.75 Å². The predicted molar refractivity (Wildman–Crippen MR) is 56.2 cm³/mol. The van der Waals surface area contributed by atoms with Crippen molar-refractivity contribution in [3.8, 4) is 5.75 Å². The summed E-state index contributed by atoms with van der Waals surface area (Å²) in [6.45, 7) is 1.79. The first-order valence-electron chi connectivity index (χ1n) is 4.87. The molecule has 1 rings (SSSR count). The van der Waals surface area contributed by atoms with E-state index in [1.807, 2.05) is 0 Å². The van der Waals surface area contributed by atoms with Crippen LogP contribution in [0.2, 0.25) is 0 Å². The molecular weight excluding hydrogens is 197 g/mol. The molecule has 0 aliphatic carbocycles. The maximum Gasteiger partial charge on any atom is 0.169 e. The van der Waals surface area contributed by atoms with Crippen molar-refractivity contribution in [1.29, 1.82) is 0 Å². The molecule has 3 nitrogen and oxygen atoms in total. The number of methoxy groups -OCH3 is 1. The van der Waals surface area contributed by atoms with Crippen LogP contribution in [0, 0.1) is 5.82 Å². The fourth-order valence-electron chi connectivity index (χ4n) is 1.40. The number of hydrogen-bond acceptors (Lipinski definition) is 3. The van der Waals surface area contributed by atoms with E-state index in [9.17, 15) is 9.50 Å². The van der Waals surface area contributed by atoms with Crippen LogP contribution in [-0.2, 0) is 0 Å². The predicted octanol–water partition coefficient (Wildman–Crippen LogP) is 1.61. The van der Waals surface area contributed by atoms with Crippen LogP contribution in [0.15, 0.2) is 18.2 Å². The van der Waals surface area contributed by atoms with E-state index in [-0.39, 0.29) is 11.3 Å². The Balaban J connectivity index is 3.03. The minimum Gasteiger partial charge on any atom is -0.494 e. The van der Waals surface area contributed by atoms with Gasteiger partial charge in [0.2, 0.25) is 0 Å². The van der Waals surface area contributed by atoms with Gasteiger partial charge in [-0.1, -0.05) is 19.1 Å². The minimum atomic E-state index is -0.744. The quantitative estimate of drug-likeness (QED) is 0.798. The second-order valence-electron chi connectivity index (χ2n) is 3.36. The van der Waals surface area contributed by atoms with Crippen molar-refractivity contribution in [2.45, 2.75) is 25.5 Å². The van der Waals surface area contributed by atoms with Gasteiger partial charge >= 0.3 is 0 Å². The molecule has 0 aromatic heterocycles. The zero-order chi connectivity index (χ0) is 11.4. The Morgan fingerprint density at radius 1 is 1.53 bits per heavy atom. The van der Waals surface area contributed by atoms with Gasteiger partial charge in [-0.2, -0.15) is 0 Å². The van der Waals surface area contributed by atoms with Gasteiger partial charge in [-0.25, -0.2) is 4.39 Å². The molecule has 0 saturated carbocycles. The maximum atomic E-state index is 13.7. The first-order chi connectivity index (χ1) is 7.11. The number of rotatable bonds is 4.